The van der Waals surface area contributed by atoms with Crippen LogP contribution in [0.4, 0.5) is 0 Å². The second-order valence-corrected chi connectivity index (χ2v) is 5.62. The Balaban J connectivity index is 2.07. The van der Waals surface area contributed by atoms with E-state index in [-0.39, 0.29) is 5.91 Å². The van der Waals surface area contributed by atoms with Crippen molar-refractivity contribution in [1.82, 2.24) is 4.90 Å². The lowest BCUT2D eigenvalue weighted by molar-refractivity contribution is -0.153. The summed E-state index contributed by atoms with van der Waals surface area (Å²) in [4.78, 5) is 24.9. The van der Waals surface area contributed by atoms with Crippen LogP contribution in [0, 0.1) is 0 Å². The fraction of sp³-hybridized carbons (Fsp3) is 0.263. The molecule has 0 aliphatic carbocycles. The van der Waals surface area contributed by atoms with Gasteiger partial charge in [0.15, 0.2) is 6.10 Å². The molecule has 0 saturated carbocycles. The molecular weight excluding hydrogens is 306 g/mol. The molecule has 1 atom stereocenters. The maximum atomic E-state index is 11.8. The molecule has 0 fully saturated rings. The molecule has 0 heterocycles. The van der Waals surface area contributed by atoms with Gasteiger partial charge in [0.25, 0.3) is 5.91 Å². The third kappa shape index (κ3) is 4.35. The van der Waals surface area contributed by atoms with E-state index in [1.807, 2.05) is 36.4 Å². The van der Waals surface area contributed by atoms with E-state index < -0.39 is 12.1 Å². The zero-order valence-corrected chi connectivity index (χ0v) is 14.3. The van der Waals surface area contributed by atoms with Crippen molar-refractivity contribution in [1.29, 1.82) is 0 Å². The van der Waals surface area contributed by atoms with Crippen LogP contribution >= 0.6 is 0 Å². The predicted octanol–water partition coefficient (Wildman–Crippen LogP) is 2.88. The van der Waals surface area contributed by atoms with Crippen molar-refractivity contribution in [3.63, 3.8) is 0 Å². The summed E-state index contributed by atoms with van der Waals surface area (Å²) < 4.78 is 10.3. The minimum absolute atomic E-state index is 0.253. The van der Waals surface area contributed by atoms with Gasteiger partial charge >= 0.3 is 5.97 Å². The number of ether oxygens (including phenoxy) is 2. The van der Waals surface area contributed by atoms with Gasteiger partial charge in [-0.25, -0.2) is 4.79 Å². The molecule has 24 heavy (non-hydrogen) atoms. The molecule has 2 aromatic rings. The van der Waals surface area contributed by atoms with E-state index in [1.165, 1.54) is 11.0 Å². The highest BCUT2D eigenvalue weighted by molar-refractivity contribution is 5.91. The molecule has 2 rings (SSSR count). The van der Waals surface area contributed by atoms with Crippen molar-refractivity contribution in [2.75, 3.05) is 21.2 Å². The number of carbonyl (C=O) groups excluding carboxylic acids is 2. The molecule has 126 valence electrons. The first-order valence-corrected chi connectivity index (χ1v) is 7.58. The maximum absolute atomic E-state index is 11.8. The summed E-state index contributed by atoms with van der Waals surface area (Å²) in [6.07, 6.45) is 2.18. The van der Waals surface area contributed by atoms with Crippen LogP contribution in [0.2, 0.25) is 0 Å². The van der Waals surface area contributed by atoms with Crippen molar-refractivity contribution >= 4 is 28.7 Å². The molecule has 0 bridgehead atoms. The van der Waals surface area contributed by atoms with Gasteiger partial charge in [0.2, 0.25) is 0 Å². The minimum atomic E-state index is -0.804. The number of carbonyl (C=O) groups is 2. The monoisotopic (exact) mass is 327 g/mol. The van der Waals surface area contributed by atoms with Crippen LogP contribution in [0.25, 0.3) is 16.8 Å². The number of fused-ring (bicyclic) bond motifs is 1. The molecule has 2 aromatic carbocycles. The van der Waals surface area contributed by atoms with Crippen LogP contribution in [0.5, 0.6) is 5.75 Å². The summed E-state index contributed by atoms with van der Waals surface area (Å²) in [5.41, 5.74) is 0.871. The summed E-state index contributed by atoms with van der Waals surface area (Å²) in [6.45, 7) is 1.55. The molecule has 0 aromatic heterocycles. The largest absolute Gasteiger partial charge is 0.497 e. The van der Waals surface area contributed by atoms with Gasteiger partial charge < -0.3 is 14.4 Å². The highest BCUT2D eigenvalue weighted by Crippen LogP contribution is 2.22. The summed E-state index contributed by atoms with van der Waals surface area (Å²) >= 11 is 0. The smallest absolute Gasteiger partial charge is 0.331 e. The third-order valence-electron chi connectivity index (χ3n) is 3.56. The Hall–Kier alpha value is -2.82. The van der Waals surface area contributed by atoms with Crippen molar-refractivity contribution < 1.29 is 19.1 Å². The molecule has 0 unspecified atom stereocenters. The summed E-state index contributed by atoms with van der Waals surface area (Å²) in [7, 11) is 4.87. The Kier molecular flexibility index (Phi) is 5.58. The number of esters is 1. The molecule has 0 aliphatic heterocycles. The number of methoxy groups -OCH3 is 1. The van der Waals surface area contributed by atoms with Gasteiger partial charge in [0, 0.05) is 20.2 Å². The first-order chi connectivity index (χ1) is 11.4. The Morgan fingerprint density at radius 1 is 1.08 bits per heavy atom. The molecule has 0 saturated heterocycles. The minimum Gasteiger partial charge on any atom is -0.497 e. The van der Waals surface area contributed by atoms with Crippen LogP contribution in [-0.4, -0.2) is 44.1 Å². The topological polar surface area (TPSA) is 55.8 Å². The molecule has 5 heteroatoms. The van der Waals surface area contributed by atoms with Crippen molar-refractivity contribution in [2.45, 2.75) is 13.0 Å². The number of amides is 1. The normalized spacial score (nSPS) is 12.2. The van der Waals surface area contributed by atoms with Gasteiger partial charge in [-0.15, -0.1) is 0 Å². The van der Waals surface area contributed by atoms with E-state index >= 15 is 0 Å². The number of likely N-dealkylation sites (N-methyl/N-ethyl adjacent to an activating group) is 1. The summed E-state index contributed by atoms with van der Waals surface area (Å²) in [5.74, 6) is -0.00199. The Morgan fingerprint density at radius 3 is 2.42 bits per heavy atom. The fourth-order valence-electron chi connectivity index (χ4n) is 2.26. The van der Waals surface area contributed by atoms with E-state index in [2.05, 4.69) is 0 Å². The zero-order chi connectivity index (χ0) is 17.7. The van der Waals surface area contributed by atoms with Gasteiger partial charge in [-0.2, -0.15) is 0 Å². The zero-order valence-electron chi connectivity index (χ0n) is 14.3. The molecule has 1 amide bonds. The molecule has 0 radical (unpaired) electrons. The molecule has 0 aliphatic rings. The number of hydrogen-bond acceptors (Lipinski definition) is 4. The van der Waals surface area contributed by atoms with Gasteiger partial charge in [0.1, 0.15) is 5.75 Å². The van der Waals surface area contributed by atoms with E-state index in [1.54, 1.807) is 34.2 Å². The van der Waals surface area contributed by atoms with Gasteiger partial charge in [-0.1, -0.05) is 18.2 Å². The third-order valence-corrected chi connectivity index (χ3v) is 3.56. The molecule has 5 nitrogen and oxygen atoms in total. The summed E-state index contributed by atoms with van der Waals surface area (Å²) in [5, 5.41) is 2.10. The standard InChI is InChI=1S/C19H21NO4/c1-13(19(22)20(2)3)24-18(21)10-6-14-5-7-16-12-17(23-4)9-8-15(16)11-14/h5-13H,1-4H3/b10-6+/t13-/m1/s1. The van der Waals surface area contributed by atoms with Crippen LogP contribution in [-0.2, 0) is 14.3 Å². The second-order valence-electron chi connectivity index (χ2n) is 5.62. The van der Waals surface area contributed by atoms with E-state index in [4.69, 9.17) is 9.47 Å². The van der Waals surface area contributed by atoms with Crippen molar-refractivity contribution in [3.05, 3.63) is 48.0 Å². The number of hydrogen-bond donors (Lipinski definition) is 0. The lowest BCUT2D eigenvalue weighted by atomic mass is 10.1. The van der Waals surface area contributed by atoms with Crippen LogP contribution < -0.4 is 4.74 Å². The van der Waals surface area contributed by atoms with Gasteiger partial charge in [-0.3, -0.25) is 4.79 Å². The first kappa shape index (κ1) is 17.5. The fourth-order valence-corrected chi connectivity index (χ4v) is 2.26. The van der Waals surface area contributed by atoms with Crippen LogP contribution in [0.1, 0.15) is 12.5 Å². The molecule has 0 spiro atoms. The lowest BCUT2D eigenvalue weighted by Gasteiger charge is -2.16. The highest BCUT2D eigenvalue weighted by Gasteiger charge is 2.17. The Morgan fingerprint density at radius 2 is 1.75 bits per heavy atom. The molecule has 0 N–H and O–H groups in total. The first-order valence-electron chi connectivity index (χ1n) is 7.58. The Labute approximate surface area is 141 Å². The maximum Gasteiger partial charge on any atom is 0.331 e. The number of nitrogens with zero attached hydrogens (tertiary/aromatic N) is 1. The van der Waals surface area contributed by atoms with Crippen molar-refractivity contribution in [3.8, 4) is 5.75 Å². The predicted molar refractivity (Wildman–Crippen MR) is 93.8 cm³/mol. The van der Waals surface area contributed by atoms with E-state index in [0.717, 1.165) is 22.1 Å². The number of benzene rings is 2. The van der Waals surface area contributed by atoms with E-state index in [0.29, 0.717) is 0 Å². The van der Waals surface area contributed by atoms with Crippen molar-refractivity contribution in [2.24, 2.45) is 0 Å². The lowest BCUT2D eigenvalue weighted by Crippen LogP contribution is -2.34. The SMILES string of the molecule is COc1ccc2cc(/C=C/C(=O)O[C@H](C)C(=O)N(C)C)ccc2c1. The molecular formula is C19H21NO4. The summed E-state index contributed by atoms with van der Waals surface area (Å²) in [6, 6.07) is 11.6. The van der Waals surface area contributed by atoms with Crippen LogP contribution in [0.3, 0.4) is 0 Å². The van der Waals surface area contributed by atoms with Gasteiger partial charge in [-0.05, 0) is 47.5 Å². The van der Waals surface area contributed by atoms with E-state index in [9.17, 15) is 9.59 Å². The average molecular weight is 327 g/mol. The number of rotatable bonds is 5. The van der Waals surface area contributed by atoms with Crippen LogP contribution in [0.15, 0.2) is 42.5 Å². The average Bonchev–Trinajstić information content (AvgIpc) is 2.58. The highest BCUT2D eigenvalue weighted by atomic mass is 16.5. The second kappa shape index (κ2) is 7.64. The quantitative estimate of drug-likeness (QED) is 0.626. The Bertz CT molecular complexity index is 780. The van der Waals surface area contributed by atoms with Gasteiger partial charge in [0.05, 0.1) is 7.11 Å².